The highest BCUT2D eigenvalue weighted by atomic mass is 79.9. The van der Waals surface area contributed by atoms with Crippen molar-refractivity contribution in [3.63, 3.8) is 0 Å². The van der Waals surface area contributed by atoms with Gasteiger partial charge in [0.2, 0.25) is 0 Å². The molecule has 5 rings (SSSR count). The first-order valence-electron chi connectivity index (χ1n) is 13.0. The van der Waals surface area contributed by atoms with Crippen LogP contribution in [0.3, 0.4) is 0 Å². The molecule has 1 atom stereocenters. The summed E-state index contributed by atoms with van der Waals surface area (Å²) in [6.45, 7) is 4.25. The van der Waals surface area contributed by atoms with Gasteiger partial charge < -0.3 is 19.6 Å². The molecule has 0 bridgehead atoms. The normalized spacial score (nSPS) is 12.1. The summed E-state index contributed by atoms with van der Waals surface area (Å²) in [5.41, 5.74) is 5.95. The lowest BCUT2D eigenvalue weighted by atomic mass is 9.83. The number of aliphatic carboxylic acids is 1. The molecule has 5 aromatic rings. The maximum absolute atomic E-state index is 11.3. The van der Waals surface area contributed by atoms with Crippen LogP contribution < -0.4 is 9.47 Å². The Kier molecular flexibility index (Phi) is 8.33. The molecule has 1 aromatic heterocycles. The van der Waals surface area contributed by atoms with Crippen LogP contribution in [-0.4, -0.2) is 23.2 Å². The Labute approximate surface area is 250 Å². The van der Waals surface area contributed by atoms with Crippen LogP contribution in [-0.2, 0) is 11.2 Å². The number of aromatic amines is 1. The third-order valence-corrected chi connectivity index (χ3v) is 8.16. The van der Waals surface area contributed by atoms with Crippen LogP contribution in [0.25, 0.3) is 10.9 Å². The first kappa shape index (κ1) is 28.0. The highest BCUT2D eigenvalue weighted by Crippen LogP contribution is 2.47. The number of carboxylic acids is 1. The van der Waals surface area contributed by atoms with E-state index in [9.17, 15) is 9.90 Å². The molecule has 0 radical (unpaired) electrons. The van der Waals surface area contributed by atoms with Crippen molar-refractivity contribution in [1.82, 2.24) is 4.98 Å². The Hall–Kier alpha value is -3.55. The third-order valence-electron chi connectivity index (χ3n) is 6.99. The van der Waals surface area contributed by atoms with E-state index >= 15 is 0 Å². The Morgan fingerprint density at radius 1 is 0.875 bits per heavy atom. The summed E-state index contributed by atoms with van der Waals surface area (Å²) < 4.78 is 14.0. The smallest absolute Gasteiger partial charge is 0.307 e. The zero-order chi connectivity index (χ0) is 28.4. The highest BCUT2D eigenvalue weighted by molar-refractivity contribution is 9.11. The van der Waals surface area contributed by atoms with Crippen LogP contribution >= 0.6 is 31.9 Å². The van der Waals surface area contributed by atoms with Crippen molar-refractivity contribution in [1.29, 1.82) is 0 Å². The molecule has 1 heterocycles. The second kappa shape index (κ2) is 11.9. The topological polar surface area (TPSA) is 71.5 Å². The number of carbonyl (C=O) groups is 1. The van der Waals surface area contributed by atoms with Gasteiger partial charge in [-0.05, 0) is 84.8 Å². The van der Waals surface area contributed by atoms with Crippen molar-refractivity contribution in [2.45, 2.75) is 32.1 Å². The van der Waals surface area contributed by atoms with E-state index in [1.165, 1.54) is 0 Å². The summed E-state index contributed by atoms with van der Waals surface area (Å²) in [4.78, 5) is 14.8. The summed E-state index contributed by atoms with van der Waals surface area (Å²) in [5, 5.41) is 10.4. The SMILES string of the molecule is COc1cc(C(c2ccccc2)c2c[nH]c3ccccc23)c(Oc2c(Br)cc(CC(=O)O)cc2Br)cc1C(C)C. The number of hydrogen-bond donors (Lipinski definition) is 2. The van der Waals surface area contributed by atoms with Crippen LogP contribution in [0.15, 0.2) is 94.0 Å². The first-order chi connectivity index (χ1) is 19.3. The van der Waals surface area contributed by atoms with Crippen LogP contribution in [0, 0.1) is 0 Å². The van der Waals surface area contributed by atoms with Crippen LogP contribution in [0.4, 0.5) is 0 Å². The molecule has 2 N–H and O–H groups in total. The van der Waals surface area contributed by atoms with E-state index in [1.807, 2.05) is 24.3 Å². The number of para-hydroxylation sites is 1. The van der Waals surface area contributed by atoms with Crippen LogP contribution in [0.5, 0.6) is 17.2 Å². The summed E-state index contributed by atoms with van der Waals surface area (Å²) in [7, 11) is 1.70. The predicted molar refractivity (Wildman–Crippen MR) is 166 cm³/mol. The molecule has 5 nitrogen and oxygen atoms in total. The van der Waals surface area contributed by atoms with Crippen molar-refractivity contribution in [2.75, 3.05) is 7.11 Å². The van der Waals surface area contributed by atoms with E-state index in [-0.39, 0.29) is 18.3 Å². The lowest BCUT2D eigenvalue weighted by Crippen LogP contribution is -2.08. The van der Waals surface area contributed by atoms with Gasteiger partial charge in [0.15, 0.2) is 5.75 Å². The van der Waals surface area contributed by atoms with Crippen molar-refractivity contribution in [2.24, 2.45) is 0 Å². The zero-order valence-corrected chi connectivity index (χ0v) is 25.5. The number of rotatable bonds is 9. The molecule has 0 amide bonds. The van der Waals surface area contributed by atoms with Gasteiger partial charge in [0.1, 0.15) is 11.5 Å². The minimum absolute atomic E-state index is 0.0839. The van der Waals surface area contributed by atoms with Gasteiger partial charge in [-0.15, -0.1) is 0 Å². The molecule has 0 saturated heterocycles. The van der Waals surface area contributed by atoms with Gasteiger partial charge in [-0.3, -0.25) is 4.79 Å². The molecule has 0 saturated carbocycles. The number of nitrogens with one attached hydrogen (secondary N) is 1. The minimum atomic E-state index is -0.893. The van der Waals surface area contributed by atoms with Crippen molar-refractivity contribution in [3.05, 3.63) is 122 Å². The lowest BCUT2D eigenvalue weighted by molar-refractivity contribution is -0.136. The number of aromatic nitrogens is 1. The van der Waals surface area contributed by atoms with Gasteiger partial charge in [-0.25, -0.2) is 0 Å². The maximum Gasteiger partial charge on any atom is 0.307 e. The second-order valence-corrected chi connectivity index (χ2v) is 11.7. The van der Waals surface area contributed by atoms with Crippen molar-refractivity contribution in [3.8, 4) is 17.2 Å². The molecule has 40 heavy (non-hydrogen) atoms. The summed E-state index contributed by atoms with van der Waals surface area (Å²) >= 11 is 7.24. The lowest BCUT2D eigenvalue weighted by Gasteiger charge is -2.25. The molecule has 0 spiro atoms. The fourth-order valence-corrected chi connectivity index (χ4v) is 6.58. The number of H-pyrrole nitrogens is 1. The predicted octanol–water partition coefficient (Wildman–Crippen LogP) is 9.42. The molecule has 7 heteroatoms. The van der Waals surface area contributed by atoms with E-state index in [2.05, 4.69) is 99.4 Å². The Balaban J connectivity index is 1.75. The minimum Gasteiger partial charge on any atom is -0.496 e. The van der Waals surface area contributed by atoms with E-state index < -0.39 is 5.97 Å². The third kappa shape index (κ3) is 5.67. The number of ether oxygens (including phenoxy) is 2. The van der Waals surface area contributed by atoms with E-state index in [4.69, 9.17) is 9.47 Å². The van der Waals surface area contributed by atoms with Gasteiger partial charge in [0, 0.05) is 34.1 Å². The Bertz CT molecular complexity index is 1650. The van der Waals surface area contributed by atoms with Gasteiger partial charge >= 0.3 is 5.97 Å². The van der Waals surface area contributed by atoms with Gasteiger partial charge in [0.25, 0.3) is 0 Å². The zero-order valence-electron chi connectivity index (χ0n) is 22.4. The summed E-state index contributed by atoms with van der Waals surface area (Å²) in [6, 6.07) is 26.4. The van der Waals surface area contributed by atoms with E-state index in [0.717, 1.165) is 38.9 Å². The van der Waals surface area contributed by atoms with E-state index in [1.54, 1.807) is 19.2 Å². The molecule has 204 valence electrons. The first-order valence-corrected chi connectivity index (χ1v) is 14.6. The molecule has 0 fully saturated rings. The Morgan fingerprint density at radius 3 is 2.17 bits per heavy atom. The average Bonchev–Trinajstić information content (AvgIpc) is 3.35. The quantitative estimate of drug-likeness (QED) is 0.165. The fourth-order valence-electron chi connectivity index (χ4n) is 5.13. The number of fused-ring (bicyclic) bond motifs is 1. The van der Waals surface area contributed by atoms with Crippen molar-refractivity contribution < 1.29 is 19.4 Å². The van der Waals surface area contributed by atoms with Crippen molar-refractivity contribution >= 4 is 48.7 Å². The standard InChI is InChI=1S/C33H29Br2NO4/c1-19(2)23-16-30(40-33-26(34)13-20(14-27(33)35)15-31(37)38)24(17-29(23)39-3)32(21-9-5-4-6-10-21)25-18-36-28-12-8-7-11-22(25)28/h4-14,16-19,32,36H,15H2,1-3H3,(H,37,38). The fraction of sp³-hybridized carbons (Fsp3) is 0.182. The van der Waals surface area contributed by atoms with Gasteiger partial charge in [0.05, 0.1) is 22.5 Å². The monoisotopic (exact) mass is 661 g/mol. The summed E-state index contributed by atoms with van der Waals surface area (Å²) in [6.07, 6.45) is 1.99. The Morgan fingerprint density at radius 2 is 1.52 bits per heavy atom. The largest absolute Gasteiger partial charge is 0.496 e. The maximum atomic E-state index is 11.3. The average molecular weight is 663 g/mol. The van der Waals surface area contributed by atoms with E-state index in [0.29, 0.717) is 26.0 Å². The second-order valence-electron chi connectivity index (χ2n) is 9.98. The van der Waals surface area contributed by atoms with Crippen LogP contribution in [0.2, 0.25) is 0 Å². The number of carboxylic acid groups (broad SMARTS) is 1. The molecule has 4 aromatic carbocycles. The molecule has 1 unspecified atom stereocenters. The number of halogens is 2. The van der Waals surface area contributed by atoms with Gasteiger partial charge in [-0.1, -0.05) is 62.4 Å². The highest BCUT2D eigenvalue weighted by Gasteiger charge is 2.27. The molecular formula is C33H29Br2NO4. The number of benzene rings is 4. The van der Waals surface area contributed by atoms with Crippen LogP contribution in [0.1, 0.15) is 53.5 Å². The number of methoxy groups -OCH3 is 1. The van der Waals surface area contributed by atoms with Gasteiger partial charge in [-0.2, -0.15) is 0 Å². The molecule has 0 aliphatic carbocycles. The summed E-state index contributed by atoms with van der Waals surface area (Å²) in [5.74, 6) is 1.20. The molecule has 0 aliphatic heterocycles. The molecule has 0 aliphatic rings. The number of hydrogen-bond acceptors (Lipinski definition) is 3. The molecular weight excluding hydrogens is 634 g/mol.